The third-order valence-electron chi connectivity index (χ3n) is 3.44. The zero-order chi connectivity index (χ0) is 18.0. The van der Waals surface area contributed by atoms with E-state index in [0.717, 1.165) is 5.56 Å². The topological polar surface area (TPSA) is 46.9 Å². The predicted molar refractivity (Wildman–Crippen MR) is 102 cm³/mol. The highest BCUT2D eigenvalue weighted by Crippen LogP contribution is 2.27. The van der Waals surface area contributed by atoms with Crippen molar-refractivity contribution < 1.29 is 4.79 Å². The smallest absolute Gasteiger partial charge is 0.258 e. The Bertz CT molecular complexity index is 939. The van der Waals surface area contributed by atoms with Crippen LogP contribution in [0, 0.1) is 0 Å². The van der Waals surface area contributed by atoms with Crippen LogP contribution in [-0.2, 0) is 6.54 Å². The van der Waals surface area contributed by atoms with Gasteiger partial charge < -0.3 is 5.32 Å². The molecule has 1 N–H and O–H groups in total. The van der Waals surface area contributed by atoms with Crippen LogP contribution in [0.5, 0.6) is 0 Å². The zero-order valence-electron chi connectivity index (χ0n) is 12.6. The molecule has 0 aliphatic rings. The lowest BCUT2D eigenvalue weighted by atomic mass is 10.2. The van der Waals surface area contributed by atoms with Crippen LogP contribution in [0.1, 0.15) is 15.9 Å². The van der Waals surface area contributed by atoms with Crippen LogP contribution in [0.15, 0.2) is 48.7 Å². The SMILES string of the molecule is O=C(Nc1nn(Cc2ccccc2Cl)cc1Cl)c1cccc(Cl)c1Cl. The van der Waals surface area contributed by atoms with E-state index in [2.05, 4.69) is 10.4 Å². The maximum atomic E-state index is 12.4. The largest absolute Gasteiger partial charge is 0.304 e. The number of nitrogens with zero attached hydrogens (tertiary/aromatic N) is 2. The average Bonchev–Trinajstić information content (AvgIpc) is 2.91. The van der Waals surface area contributed by atoms with Crippen LogP contribution < -0.4 is 5.32 Å². The van der Waals surface area contributed by atoms with E-state index < -0.39 is 5.91 Å². The summed E-state index contributed by atoms with van der Waals surface area (Å²) in [6.07, 6.45) is 1.61. The van der Waals surface area contributed by atoms with Gasteiger partial charge in [-0.1, -0.05) is 70.7 Å². The van der Waals surface area contributed by atoms with Gasteiger partial charge in [0.05, 0.1) is 22.2 Å². The molecule has 128 valence electrons. The van der Waals surface area contributed by atoms with Crippen LogP contribution in [0.3, 0.4) is 0 Å². The Morgan fingerprint density at radius 1 is 0.960 bits per heavy atom. The van der Waals surface area contributed by atoms with Gasteiger partial charge in [-0.25, -0.2) is 0 Å². The first-order valence-corrected chi connectivity index (χ1v) is 8.68. The molecule has 3 rings (SSSR count). The van der Waals surface area contributed by atoms with Crippen molar-refractivity contribution in [3.8, 4) is 0 Å². The Balaban J connectivity index is 1.80. The number of aromatic nitrogens is 2. The number of benzene rings is 2. The molecule has 1 aromatic heterocycles. The van der Waals surface area contributed by atoms with Crippen molar-refractivity contribution in [1.82, 2.24) is 9.78 Å². The highest BCUT2D eigenvalue weighted by atomic mass is 35.5. The van der Waals surface area contributed by atoms with E-state index in [1.165, 1.54) is 0 Å². The number of amides is 1. The van der Waals surface area contributed by atoms with Gasteiger partial charge >= 0.3 is 0 Å². The minimum atomic E-state index is -0.447. The van der Waals surface area contributed by atoms with Crippen molar-refractivity contribution in [3.63, 3.8) is 0 Å². The van der Waals surface area contributed by atoms with Gasteiger partial charge in [-0.15, -0.1) is 0 Å². The summed E-state index contributed by atoms with van der Waals surface area (Å²) in [5, 5.41) is 8.32. The second-order valence-corrected chi connectivity index (χ2v) is 6.77. The van der Waals surface area contributed by atoms with Crippen molar-refractivity contribution >= 4 is 58.1 Å². The molecule has 0 radical (unpaired) electrons. The van der Waals surface area contributed by atoms with E-state index in [0.29, 0.717) is 21.6 Å². The molecule has 1 heterocycles. The Hall–Kier alpha value is -1.72. The lowest BCUT2D eigenvalue weighted by molar-refractivity contribution is 0.102. The fraction of sp³-hybridized carbons (Fsp3) is 0.0588. The summed E-state index contributed by atoms with van der Waals surface area (Å²) in [4.78, 5) is 12.4. The first-order valence-electron chi connectivity index (χ1n) is 7.17. The van der Waals surface area contributed by atoms with Gasteiger partial charge in [0, 0.05) is 11.2 Å². The van der Waals surface area contributed by atoms with Gasteiger partial charge in [0.25, 0.3) is 5.91 Å². The molecule has 0 unspecified atom stereocenters. The summed E-state index contributed by atoms with van der Waals surface area (Å²) in [5.41, 5.74) is 1.13. The minimum absolute atomic E-state index is 0.174. The number of nitrogens with one attached hydrogen (secondary N) is 1. The van der Waals surface area contributed by atoms with E-state index in [1.54, 1.807) is 35.1 Å². The zero-order valence-corrected chi connectivity index (χ0v) is 15.7. The Morgan fingerprint density at radius 2 is 1.68 bits per heavy atom. The first kappa shape index (κ1) is 18.1. The number of carbonyl (C=O) groups is 1. The second kappa shape index (κ2) is 7.67. The molecule has 0 saturated heterocycles. The van der Waals surface area contributed by atoms with Crippen molar-refractivity contribution in [2.75, 3.05) is 5.32 Å². The normalized spacial score (nSPS) is 10.7. The molecule has 0 fully saturated rings. The van der Waals surface area contributed by atoms with E-state index in [-0.39, 0.29) is 16.4 Å². The predicted octanol–water partition coefficient (Wildman–Crippen LogP) is 5.80. The van der Waals surface area contributed by atoms with Crippen LogP contribution in [0.2, 0.25) is 20.1 Å². The quantitative estimate of drug-likeness (QED) is 0.586. The summed E-state index contributed by atoms with van der Waals surface area (Å²) in [7, 11) is 0. The summed E-state index contributed by atoms with van der Waals surface area (Å²) in [6, 6.07) is 12.2. The molecule has 1 amide bonds. The van der Waals surface area contributed by atoms with Gasteiger partial charge in [0.1, 0.15) is 5.02 Å². The summed E-state index contributed by atoms with van der Waals surface area (Å²) in [5.74, 6) is -0.216. The third-order valence-corrected chi connectivity index (χ3v) is 4.90. The van der Waals surface area contributed by atoms with E-state index in [4.69, 9.17) is 46.4 Å². The van der Waals surface area contributed by atoms with Crippen molar-refractivity contribution in [2.45, 2.75) is 6.54 Å². The van der Waals surface area contributed by atoms with Gasteiger partial charge in [0.2, 0.25) is 0 Å². The molecular weight excluding hydrogens is 404 g/mol. The monoisotopic (exact) mass is 413 g/mol. The van der Waals surface area contributed by atoms with Crippen LogP contribution in [-0.4, -0.2) is 15.7 Å². The molecule has 25 heavy (non-hydrogen) atoms. The fourth-order valence-corrected chi connectivity index (χ4v) is 3.00. The number of rotatable bonds is 4. The first-order chi connectivity index (χ1) is 12.0. The molecule has 3 aromatic rings. The average molecular weight is 415 g/mol. The van der Waals surface area contributed by atoms with Crippen molar-refractivity contribution in [3.05, 3.63) is 79.9 Å². The second-order valence-electron chi connectivity index (χ2n) is 5.17. The maximum absolute atomic E-state index is 12.4. The van der Waals surface area contributed by atoms with Gasteiger partial charge in [-0.05, 0) is 23.8 Å². The maximum Gasteiger partial charge on any atom is 0.258 e. The summed E-state index contributed by atoms with van der Waals surface area (Å²) < 4.78 is 1.60. The van der Waals surface area contributed by atoms with Crippen LogP contribution >= 0.6 is 46.4 Å². The van der Waals surface area contributed by atoms with E-state index >= 15 is 0 Å². The molecule has 2 aromatic carbocycles. The third kappa shape index (κ3) is 4.10. The van der Waals surface area contributed by atoms with Gasteiger partial charge in [-0.2, -0.15) is 5.10 Å². The Kier molecular flexibility index (Phi) is 5.54. The molecule has 0 atom stereocenters. The molecule has 4 nitrogen and oxygen atoms in total. The highest BCUT2D eigenvalue weighted by molar-refractivity contribution is 6.44. The van der Waals surface area contributed by atoms with Gasteiger partial charge in [-0.3, -0.25) is 9.48 Å². The van der Waals surface area contributed by atoms with Gasteiger partial charge in [0.15, 0.2) is 5.82 Å². The number of carbonyl (C=O) groups excluding carboxylic acids is 1. The van der Waals surface area contributed by atoms with Crippen molar-refractivity contribution in [2.24, 2.45) is 0 Å². The van der Waals surface area contributed by atoms with Crippen LogP contribution in [0.25, 0.3) is 0 Å². The molecule has 0 bridgehead atoms. The Labute approximate surface area is 164 Å². The van der Waals surface area contributed by atoms with E-state index in [9.17, 15) is 4.79 Å². The number of hydrogen-bond donors (Lipinski definition) is 1. The molecule has 0 aliphatic heterocycles. The molecular formula is C17H11Cl4N3O. The standard InChI is InChI=1S/C17H11Cl4N3O/c18-12-6-2-1-4-10(12)8-24-9-14(20)16(23-24)22-17(25)11-5-3-7-13(19)15(11)21/h1-7,9H,8H2,(H,22,23,25). The lowest BCUT2D eigenvalue weighted by Crippen LogP contribution is -2.13. The number of anilines is 1. The molecule has 0 spiro atoms. The molecule has 8 heteroatoms. The highest BCUT2D eigenvalue weighted by Gasteiger charge is 2.16. The number of halogens is 4. The number of hydrogen-bond acceptors (Lipinski definition) is 2. The summed E-state index contributed by atoms with van der Waals surface area (Å²) in [6.45, 7) is 0.424. The minimum Gasteiger partial charge on any atom is -0.304 e. The van der Waals surface area contributed by atoms with Crippen molar-refractivity contribution in [1.29, 1.82) is 0 Å². The molecule has 0 aliphatic carbocycles. The Morgan fingerprint density at radius 3 is 2.44 bits per heavy atom. The van der Waals surface area contributed by atoms with Crippen LogP contribution in [0.4, 0.5) is 5.82 Å². The summed E-state index contributed by atoms with van der Waals surface area (Å²) >= 11 is 24.3. The molecule has 0 saturated carbocycles. The van der Waals surface area contributed by atoms with E-state index in [1.807, 2.05) is 18.2 Å². The lowest BCUT2D eigenvalue weighted by Gasteiger charge is -2.06. The fourth-order valence-electron chi connectivity index (χ4n) is 2.22.